The van der Waals surface area contributed by atoms with E-state index in [2.05, 4.69) is 10.4 Å². The third kappa shape index (κ3) is 4.08. The number of nitrogens with zero attached hydrogens (tertiary/aromatic N) is 2. The van der Waals surface area contributed by atoms with Crippen LogP contribution in [0.1, 0.15) is 43.2 Å². The molecule has 0 aromatic carbocycles. The van der Waals surface area contributed by atoms with Crippen LogP contribution in [0.15, 0.2) is 6.20 Å². The van der Waals surface area contributed by atoms with Crippen LogP contribution < -0.4 is 5.32 Å². The molecule has 1 amide bonds. The fraction of sp³-hybridized carbons (Fsp3) is 0.615. The third-order valence-electron chi connectivity index (χ3n) is 2.80. The molecule has 0 unspecified atom stereocenters. The molecule has 0 saturated heterocycles. The average Bonchev–Trinajstić information content (AvgIpc) is 2.68. The predicted molar refractivity (Wildman–Crippen MR) is 70.9 cm³/mol. The van der Waals surface area contributed by atoms with Crippen molar-refractivity contribution in [2.75, 3.05) is 0 Å². The fourth-order valence-corrected chi connectivity index (χ4v) is 1.91. The van der Waals surface area contributed by atoms with Crippen LogP contribution in [-0.2, 0) is 18.3 Å². The summed E-state index contributed by atoms with van der Waals surface area (Å²) in [5.74, 6) is -1.19. The Bertz CT molecular complexity index is 466. The van der Waals surface area contributed by atoms with Crippen LogP contribution >= 0.6 is 0 Å². The highest BCUT2D eigenvalue weighted by Gasteiger charge is 2.23. The summed E-state index contributed by atoms with van der Waals surface area (Å²) in [7, 11) is 1.73. The van der Waals surface area contributed by atoms with Gasteiger partial charge < -0.3 is 10.4 Å². The molecule has 0 bridgehead atoms. The minimum atomic E-state index is -1.01. The first kappa shape index (κ1) is 15.2. The molecule has 0 saturated carbocycles. The number of nitrogens with one attached hydrogen (secondary N) is 1. The number of hydrogen-bond acceptors (Lipinski definition) is 3. The molecule has 1 rings (SSSR count). The van der Waals surface area contributed by atoms with E-state index in [1.54, 1.807) is 17.9 Å². The molecular weight excluding hydrogens is 246 g/mol. The van der Waals surface area contributed by atoms with Gasteiger partial charge in [-0.05, 0) is 18.8 Å². The van der Waals surface area contributed by atoms with E-state index < -0.39 is 12.0 Å². The molecule has 2 N–H and O–H groups in total. The van der Waals surface area contributed by atoms with E-state index in [0.717, 1.165) is 0 Å². The standard InChI is InChI=1S/C13H21N3O3/c1-5-10-9(7-16(4)15-10)12(17)14-11(13(18)19)6-8(2)3/h7-8,11H,5-6H2,1-4H3,(H,14,17)(H,18,19)/t11-/m1/s1. The summed E-state index contributed by atoms with van der Waals surface area (Å²) in [6.07, 6.45) is 2.65. The zero-order valence-corrected chi connectivity index (χ0v) is 11.8. The molecule has 0 radical (unpaired) electrons. The van der Waals surface area contributed by atoms with Gasteiger partial charge >= 0.3 is 5.97 Å². The Hall–Kier alpha value is -1.85. The number of aromatic nitrogens is 2. The molecule has 0 aliphatic heterocycles. The molecule has 19 heavy (non-hydrogen) atoms. The predicted octanol–water partition coefficient (Wildman–Crippen LogP) is 1.21. The molecule has 1 atom stereocenters. The van der Waals surface area contributed by atoms with E-state index in [-0.39, 0.29) is 11.8 Å². The second-order valence-electron chi connectivity index (χ2n) is 5.01. The van der Waals surface area contributed by atoms with Gasteiger partial charge in [0.15, 0.2) is 0 Å². The number of aryl methyl sites for hydroxylation is 2. The second kappa shape index (κ2) is 6.36. The van der Waals surface area contributed by atoms with E-state index in [1.165, 1.54) is 0 Å². The summed E-state index contributed by atoms with van der Waals surface area (Å²) in [4.78, 5) is 23.2. The maximum atomic E-state index is 12.1. The largest absolute Gasteiger partial charge is 0.480 e. The maximum absolute atomic E-state index is 12.1. The summed E-state index contributed by atoms with van der Waals surface area (Å²) in [6, 6.07) is -0.864. The van der Waals surface area contributed by atoms with Crippen molar-refractivity contribution in [2.24, 2.45) is 13.0 Å². The smallest absolute Gasteiger partial charge is 0.326 e. The lowest BCUT2D eigenvalue weighted by molar-refractivity contribution is -0.139. The molecule has 1 heterocycles. The summed E-state index contributed by atoms with van der Waals surface area (Å²) >= 11 is 0. The van der Waals surface area contributed by atoms with Crippen LogP contribution in [0.4, 0.5) is 0 Å². The minimum absolute atomic E-state index is 0.195. The quantitative estimate of drug-likeness (QED) is 0.811. The topological polar surface area (TPSA) is 84.2 Å². The number of aliphatic carboxylic acids is 1. The van der Waals surface area contributed by atoms with E-state index in [0.29, 0.717) is 24.1 Å². The number of amides is 1. The van der Waals surface area contributed by atoms with Crippen LogP contribution in [0.5, 0.6) is 0 Å². The van der Waals surface area contributed by atoms with E-state index >= 15 is 0 Å². The monoisotopic (exact) mass is 267 g/mol. The highest BCUT2D eigenvalue weighted by Crippen LogP contribution is 2.10. The van der Waals surface area contributed by atoms with Crippen molar-refractivity contribution < 1.29 is 14.7 Å². The first-order valence-electron chi connectivity index (χ1n) is 6.41. The average molecular weight is 267 g/mol. The normalized spacial score (nSPS) is 12.5. The van der Waals surface area contributed by atoms with E-state index in [4.69, 9.17) is 5.11 Å². The van der Waals surface area contributed by atoms with Gasteiger partial charge in [0.1, 0.15) is 6.04 Å². The molecule has 106 valence electrons. The minimum Gasteiger partial charge on any atom is -0.480 e. The SMILES string of the molecule is CCc1nn(C)cc1C(=O)N[C@H](CC(C)C)C(=O)O. The van der Waals surface area contributed by atoms with E-state index in [9.17, 15) is 9.59 Å². The third-order valence-corrected chi connectivity index (χ3v) is 2.80. The lowest BCUT2D eigenvalue weighted by atomic mass is 10.0. The first-order valence-corrected chi connectivity index (χ1v) is 6.41. The number of carbonyl (C=O) groups excluding carboxylic acids is 1. The van der Waals surface area contributed by atoms with Crippen molar-refractivity contribution in [3.05, 3.63) is 17.5 Å². The van der Waals surface area contributed by atoms with Crippen LogP contribution in [0.25, 0.3) is 0 Å². The molecule has 0 aliphatic rings. The Balaban J connectivity index is 2.84. The summed E-state index contributed by atoms with van der Waals surface area (Å²) in [5.41, 5.74) is 1.12. The Morgan fingerprint density at radius 1 is 1.47 bits per heavy atom. The Morgan fingerprint density at radius 2 is 2.11 bits per heavy atom. The Kier molecular flexibility index (Phi) is 5.09. The summed E-state index contributed by atoms with van der Waals surface area (Å²) < 4.78 is 1.56. The van der Waals surface area contributed by atoms with Gasteiger partial charge in [-0.3, -0.25) is 9.48 Å². The molecule has 0 aliphatic carbocycles. The van der Waals surface area contributed by atoms with Crippen molar-refractivity contribution in [1.29, 1.82) is 0 Å². The molecule has 1 aromatic rings. The first-order chi connectivity index (χ1) is 8.85. The van der Waals surface area contributed by atoms with Crippen molar-refractivity contribution in [3.8, 4) is 0 Å². The lowest BCUT2D eigenvalue weighted by Crippen LogP contribution is -2.41. The molecule has 6 heteroatoms. The Morgan fingerprint density at radius 3 is 2.58 bits per heavy atom. The van der Waals surface area contributed by atoms with Crippen molar-refractivity contribution in [1.82, 2.24) is 15.1 Å². The van der Waals surface area contributed by atoms with Crippen LogP contribution in [0.2, 0.25) is 0 Å². The van der Waals surface area contributed by atoms with Gasteiger partial charge in [0.25, 0.3) is 5.91 Å². The summed E-state index contributed by atoms with van der Waals surface area (Å²) in [5, 5.41) is 15.8. The molecule has 0 spiro atoms. The number of carboxylic acids is 1. The van der Waals surface area contributed by atoms with Gasteiger partial charge in [-0.15, -0.1) is 0 Å². The molecule has 1 aromatic heterocycles. The Labute approximate surface area is 112 Å². The van der Waals surface area contributed by atoms with Gasteiger partial charge in [-0.2, -0.15) is 5.10 Å². The fourth-order valence-electron chi connectivity index (χ4n) is 1.91. The van der Waals surface area contributed by atoms with Gasteiger partial charge in [-0.25, -0.2) is 4.79 Å². The molecule has 6 nitrogen and oxygen atoms in total. The second-order valence-corrected chi connectivity index (χ2v) is 5.01. The highest BCUT2D eigenvalue weighted by molar-refractivity contribution is 5.97. The van der Waals surface area contributed by atoms with Gasteiger partial charge in [0, 0.05) is 13.2 Å². The zero-order chi connectivity index (χ0) is 14.6. The number of carboxylic acid groups (broad SMARTS) is 1. The molecule has 0 fully saturated rings. The zero-order valence-electron chi connectivity index (χ0n) is 11.8. The number of hydrogen-bond donors (Lipinski definition) is 2. The van der Waals surface area contributed by atoms with Crippen LogP contribution in [0, 0.1) is 5.92 Å². The van der Waals surface area contributed by atoms with Crippen molar-refractivity contribution in [3.63, 3.8) is 0 Å². The van der Waals surface area contributed by atoms with E-state index in [1.807, 2.05) is 20.8 Å². The van der Waals surface area contributed by atoms with Gasteiger partial charge in [-0.1, -0.05) is 20.8 Å². The maximum Gasteiger partial charge on any atom is 0.326 e. The van der Waals surface area contributed by atoms with Gasteiger partial charge in [0.2, 0.25) is 0 Å². The number of carbonyl (C=O) groups is 2. The number of rotatable bonds is 6. The van der Waals surface area contributed by atoms with Crippen molar-refractivity contribution in [2.45, 2.75) is 39.7 Å². The molecular formula is C13H21N3O3. The van der Waals surface area contributed by atoms with Gasteiger partial charge in [0.05, 0.1) is 11.3 Å². The van der Waals surface area contributed by atoms with Crippen LogP contribution in [-0.4, -0.2) is 32.8 Å². The summed E-state index contributed by atoms with van der Waals surface area (Å²) in [6.45, 7) is 5.75. The lowest BCUT2D eigenvalue weighted by Gasteiger charge is -2.16. The highest BCUT2D eigenvalue weighted by atomic mass is 16.4. The van der Waals surface area contributed by atoms with Crippen molar-refractivity contribution >= 4 is 11.9 Å². The van der Waals surface area contributed by atoms with Crippen LogP contribution in [0.3, 0.4) is 0 Å².